The molecule has 0 unspecified atom stereocenters. The number of methoxy groups -OCH3 is 1. The predicted octanol–water partition coefficient (Wildman–Crippen LogP) is 1.30. The first-order valence-corrected chi connectivity index (χ1v) is 8.99. The van der Waals surface area contributed by atoms with Crippen LogP contribution in [0.5, 0.6) is 5.75 Å². The van der Waals surface area contributed by atoms with Crippen molar-refractivity contribution in [3.05, 3.63) is 50.9 Å². The van der Waals surface area contributed by atoms with Crippen LogP contribution in [0.4, 0.5) is 0 Å². The molecule has 7 nitrogen and oxygen atoms in total. The molecule has 0 aliphatic heterocycles. The van der Waals surface area contributed by atoms with Gasteiger partial charge in [-0.25, -0.2) is 17.8 Å². The first-order valence-electron chi connectivity index (χ1n) is 6.71. The summed E-state index contributed by atoms with van der Waals surface area (Å²) < 4.78 is 34.1. The van der Waals surface area contributed by atoms with Crippen LogP contribution in [-0.4, -0.2) is 31.9 Å². The van der Waals surface area contributed by atoms with E-state index in [-0.39, 0.29) is 29.3 Å². The number of aryl methyl sites for hydroxylation is 1. The zero-order valence-electron chi connectivity index (χ0n) is 12.6. The average Bonchev–Trinajstić information content (AvgIpc) is 2.50. The van der Waals surface area contributed by atoms with Crippen LogP contribution in [0.1, 0.15) is 5.69 Å². The summed E-state index contributed by atoms with van der Waals surface area (Å²) >= 11 is 3.24. The standard InChI is InChI=1S/C14H16BrN3O4S/c1-10-3-6-14(19)18(17-10)8-7-16-23(20,21)13-9-11(15)4-5-12(13)22-2/h3-6,9,16H,7-8H2,1-2H3. The number of halogens is 1. The monoisotopic (exact) mass is 401 g/mol. The molecule has 0 radical (unpaired) electrons. The van der Waals surface area contributed by atoms with Gasteiger partial charge < -0.3 is 4.74 Å². The molecule has 0 saturated carbocycles. The average molecular weight is 402 g/mol. The zero-order chi connectivity index (χ0) is 17.0. The number of aromatic nitrogens is 2. The van der Waals surface area contributed by atoms with Crippen LogP contribution in [0.3, 0.4) is 0 Å². The molecule has 1 aromatic carbocycles. The molecule has 9 heteroatoms. The third-order valence-electron chi connectivity index (χ3n) is 3.03. The molecule has 0 atom stereocenters. The van der Waals surface area contributed by atoms with Crippen LogP contribution in [0.25, 0.3) is 0 Å². The Morgan fingerprint density at radius 1 is 1.30 bits per heavy atom. The van der Waals surface area contributed by atoms with Crippen LogP contribution in [0.2, 0.25) is 0 Å². The quantitative estimate of drug-likeness (QED) is 0.787. The van der Waals surface area contributed by atoms with E-state index in [9.17, 15) is 13.2 Å². The lowest BCUT2D eigenvalue weighted by molar-refractivity contribution is 0.402. The normalized spacial score (nSPS) is 11.4. The summed E-state index contributed by atoms with van der Waals surface area (Å²) in [6, 6.07) is 7.71. The van der Waals surface area contributed by atoms with Gasteiger partial charge >= 0.3 is 0 Å². The van der Waals surface area contributed by atoms with E-state index in [2.05, 4.69) is 25.8 Å². The number of sulfonamides is 1. The molecule has 0 aliphatic carbocycles. The molecule has 124 valence electrons. The minimum absolute atomic E-state index is 0.0268. The highest BCUT2D eigenvalue weighted by molar-refractivity contribution is 9.10. The van der Waals surface area contributed by atoms with Crippen molar-refractivity contribution >= 4 is 26.0 Å². The van der Waals surface area contributed by atoms with Gasteiger partial charge in [0.15, 0.2) is 0 Å². The molecule has 1 N–H and O–H groups in total. The Morgan fingerprint density at radius 2 is 2.04 bits per heavy atom. The van der Waals surface area contributed by atoms with Crippen molar-refractivity contribution in [2.45, 2.75) is 18.4 Å². The van der Waals surface area contributed by atoms with Crippen LogP contribution in [0, 0.1) is 6.92 Å². The Kier molecular flexibility index (Phi) is 5.55. The fraction of sp³-hybridized carbons (Fsp3) is 0.286. The Bertz CT molecular complexity index is 865. The maximum Gasteiger partial charge on any atom is 0.266 e. The molecular formula is C14H16BrN3O4S. The summed E-state index contributed by atoms with van der Waals surface area (Å²) in [4.78, 5) is 11.7. The van der Waals surface area contributed by atoms with E-state index in [0.717, 1.165) is 0 Å². The van der Waals surface area contributed by atoms with Gasteiger partial charge in [0.1, 0.15) is 10.6 Å². The summed E-state index contributed by atoms with van der Waals surface area (Å²) in [6.45, 7) is 1.93. The Hall–Kier alpha value is -1.71. The molecule has 1 heterocycles. The van der Waals surface area contributed by atoms with Crippen molar-refractivity contribution in [3.8, 4) is 5.75 Å². The van der Waals surface area contributed by atoms with Crippen molar-refractivity contribution in [2.75, 3.05) is 13.7 Å². The second kappa shape index (κ2) is 7.24. The van der Waals surface area contributed by atoms with E-state index in [1.54, 1.807) is 25.1 Å². The number of nitrogens with zero attached hydrogens (tertiary/aromatic N) is 2. The first kappa shape index (κ1) is 17.6. The number of nitrogens with one attached hydrogen (secondary N) is 1. The lowest BCUT2D eigenvalue weighted by atomic mass is 10.3. The third-order valence-corrected chi connectivity index (χ3v) is 5.01. The van der Waals surface area contributed by atoms with E-state index >= 15 is 0 Å². The van der Waals surface area contributed by atoms with Crippen LogP contribution >= 0.6 is 15.9 Å². The smallest absolute Gasteiger partial charge is 0.266 e. The number of benzene rings is 1. The van der Waals surface area contributed by atoms with Gasteiger partial charge in [-0.3, -0.25) is 4.79 Å². The summed E-state index contributed by atoms with van der Waals surface area (Å²) in [5.41, 5.74) is 0.399. The fourth-order valence-electron chi connectivity index (χ4n) is 1.94. The molecule has 0 aliphatic rings. The Labute approximate surface area is 142 Å². The molecule has 1 aromatic heterocycles. The summed E-state index contributed by atoms with van der Waals surface area (Å²) in [7, 11) is -2.37. The largest absolute Gasteiger partial charge is 0.495 e. The summed E-state index contributed by atoms with van der Waals surface area (Å²) in [5, 5.41) is 4.05. The molecule has 0 spiro atoms. The zero-order valence-corrected chi connectivity index (χ0v) is 15.0. The lowest BCUT2D eigenvalue weighted by Crippen LogP contribution is -2.32. The van der Waals surface area contributed by atoms with E-state index < -0.39 is 10.0 Å². The molecule has 0 bridgehead atoms. The predicted molar refractivity (Wildman–Crippen MR) is 89.1 cm³/mol. The highest BCUT2D eigenvalue weighted by Gasteiger charge is 2.19. The molecule has 0 fully saturated rings. The highest BCUT2D eigenvalue weighted by atomic mass is 79.9. The van der Waals surface area contributed by atoms with Gasteiger partial charge in [0, 0.05) is 17.1 Å². The molecule has 2 aromatic rings. The Balaban J connectivity index is 2.15. The van der Waals surface area contributed by atoms with Crippen molar-refractivity contribution < 1.29 is 13.2 Å². The van der Waals surface area contributed by atoms with E-state index in [1.165, 1.54) is 23.9 Å². The van der Waals surface area contributed by atoms with Crippen LogP contribution in [0.15, 0.2) is 44.5 Å². The van der Waals surface area contributed by atoms with Crippen molar-refractivity contribution in [3.63, 3.8) is 0 Å². The van der Waals surface area contributed by atoms with Gasteiger partial charge in [-0.05, 0) is 31.2 Å². The molecule has 2 rings (SSSR count). The van der Waals surface area contributed by atoms with Crippen molar-refractivity contribution in [1.29, 1.82) is 0 Å². The minimum Gasteiger partial charge on any atom is -0.495 e. The maximum atomic E-state index is 12.4. The minimum atomic E-state index is -3.77. The number of hydrogen-bond acceptors (Lipinski definition) is 5. The van der Waals surface area contributed by atoms with Gasteiger partial charge in [0.25, 0.3) is 5.56 Å². The van der Waals surface area contributed by atoms with E-state index in [1.807, 2.05) is 0 Å². The number of ether oxygens (including phenoxy) is 1. The molecule has 0 saturated heterocycles. The molecular weight excluding hydrogens is 386 g/mol. The Morgan fingerprint density at radius 3 is 2.74 bits per heavy atom. The summed E-state index contributed by atoms with van der Waals surface area (Å²) in [6.07, 6.45) is 0. The van der Waals surface area contributed by atoms with Crippen LogP contribution in [-0.2, 0) is 16.6 Å². The fourth-order valence-corrected chi connectivity index (χ4v) is 3.66. The second-order valence-corrected chi connectivity index (χ2v) is 7.38. The summed E-state index contributed by atoms with van der Waals surface area (Å²) in [5.74, 6) is 0.242. The third kappa shape index (κ3) is 4.40. The van der Waals surface area contributed by atoms with Crippen molar-refractivity contribution in [1.82, 2.24) is 14.5 Å². The highest BCUT2D eigenvalue weighted by Crippen LogP contribution is 2.26. The van der Waals surface area contributed by atoms with E-state index in [4.69, 9.17) is 4.74 Å². The van der Waals surface area contributed by atoms with Gasteiger partial charge in [-0.2, -0.15) is 5.10 Å². The maximum absolute atomic E-state index is 12.4. The topological polar surface area (TPSA) is 90.3 Å². The van der Waals surface area contributed by atoms with Crippen LogP contribution < -0.4 is 15.0 Å². The molecule has 0 amide bonds. The number of rotatable bonds is 6. The van der Waals surface area contributed by atoms with E-state index in [0.29, 0.717) is 10.2 Å². The second-order valence-electron chi connectivity index (χ2n) is 4.73. The number of hydrogen-bond donors (Lipinski definition) is 1. The lowest BCUT2D eigenvalue weighted by Gasteiger charge is -2.11. The van der Waals surface area contributed by atoms with Crippen molar-refractivity contribution in [2.24, 2.45) is 0 Å². The van der Waals surface area contributed by atoms with Gasteiger partial charge in [0.2, 0.25) is 10.0 Å². The molecule has 23 heavy (non-hydrogen) atoms. The van der Waals surface area contributed by atoms with Gasteiger partial charge in [-0.1, -0.05) is 15.9 Å². The van der Waals surface area contributed by atoms with Gasteiger partial charge in [-0.15, -0.1) is 0 Å². The first-order chi connectivity index (χ1) is 10.8. The SMILES string of the molecule is COc1ccc(Br)cc1S(=O)(=O)NCCn1nc(C)ccc1=O. The van der Waals surface area contributed by atoms with Gasteiger partial charge in [0.05, 0.1) is 19.3 Å².